The third-order valence-electron chi connectivity index (χ3n) is 6.21. The number of anilines is 1. The highest BCUT2D eigenvalue weighted by Gasteiger charge is 2.29. The number of thioether (sulfide) groups is 1. The number of hydrogen-bond donors (Lipinski definition) is 3. The quantitative estimate of drug-likeness (QED) is 0.304. The van der Waals surface area contributed by atoms with Crippen LogP contribution in [-0.2, 0) is 28.1 Å². The molecule has 0 bridgehead atoms. The summed E-state index contributed by atoms with van der Waals surface area (Å²) in [5.41, 5.74) is 7.98. The maximum Gasteiger partial charge on any atom is 0.273 e. The third-order valence-corrected chi connectivity index (χ3v) is 8.09. The smallest absolute Gasteiger partial charge is 0.273 e. The van der Waals surface area contributed by atoms with E-state index in [1.807, 2.05) is 48.5 Å². The minimum absolute atomic E-state index is 0.0222. The second kappa shape index (κ2) is 13.1. The molecule has 0 fully saturated rings. The molecule has 12 heteroatoms. The number of nitrogens with one attached hydrogen (secondary N) is 2. The topological polar surface area (TPSA) is 136 Å². The largest absolute Gasteiger partial charge is 0.496 e. The first-order valence-corrected chi connectivity index (χ1v) is 14.7. The minimum Gasteiger partial charge on any atom is -0.496 e. The van der Waals surface area contributed by atoms with Crippen molar-refractivity contribution in [3.63, 3.8) is 0 Å². The molecule has 2 aromatic carbocycles. The van der Waals surface area contributed by atoms with Gasteiger partial charge in [0.15, 0.2) is 12.3 Å². The van der Waals surface area contributed by atoms with Gasteiger partial charge in [-0.25, -0.2) is 4.98 Å². The molecule has 1 aliphatic heterocycles. The fraction of sp³-hybridized carbons (Fsp3) is 0.310. The van der Waals surface area contributed by atoms with Crippen molar-refractivity contribution in [2.24, 2.45) is 5.73 Å². The first-order chi connectivity index (χ1) is 19.6. The molecule has 0 saturated carbocycles. The molecule has 3 aromatic rings. The Balaban J connectivity index is 1.43. The first kappa shape index (κ1) is 29.9. The Morgan fingerprint density at radius 2 is 1.78 bits per heavy atom. The number of nitrogens with two attached hydrogens (primary N) is 1. The number of ether oxygens (including phenoxy) is 2. The van der Waals surface area contributed by atoms with Crippen molar-refractivity contribution in [1.29, 1.82) is 0 Å². The van der Waals surface area contributed by atoms with Gasteiger partial charge in [-0.05, 0) is 29.2 Å². The van der Waals surface area contributed by atoms with Gasteiger partial charge in [0, 0.05) is 17.5 Å². The van der Waals surface area contributed by atoms with Crippen LogP contribution in [-0.4, -0.2) is 42.3 Å². The van der Waals surface area contributed by atoms with Crippen LogP contribution >= 0.6 is 23.1 Å². The molecular formula is C29H33N5O5S2. The van der Waals surface area contributed by atoms with Crippen molar-refractivity contribution >= 4 is 45.8 Å². The maximum absolute atomic E-state index is 13.3. The highest BCUT2D eigenvalue weighted by molar-refractivity contribution is 8.02. The van der Waals surface area contributed by atoms with E-state index >= 15 is 0 Å². The van der Waals surface area contributed by atoms with Gasteiger partial charge in [-0.3, -0.25) is 14.4 Å². The van der Waals surface area contributed by atoms with Crippen LogP contribution in [0.25, 0.3) is 0 Å². The molecule has 1 aromatic heterocycles. The Kier molecular flexibility index (Phi) is 9.56. The SMILES string of the molecule is COc1ccccc1CNC(=O)c1nc(CNC(=O)COc2ccc(C(C)(C)C)cc2)sc1N1CSC=C1C(N)=O. The van der Waals surface area contributed by atoms with E-state index in [1.165, 1.54) is 28.7 Å². The lowest BCUT2D eigenvalue weighted by Crippen LogP contribution is -2.30. The van der Waals surface area contributed by atoms with Gasteiger partial charge < -0.3 is 30.7 Å². The number of hydrogen-bond acceptors (Lipinski definition) is 9. The summed E-state index contributed by atoms with van der Waals surface area (Å²) < 4.78 is 11.0. The molecule has 0 atom stereocenters. The molecule has 0 saturated heterocycles. The van der Waals surface area contributed by atoms with Crippen LogP contribution in [0.1, 0.15) is 47.4 Å². The average Bonchev–Trinajstić information content (AvgIpc) is 3.61. The summed E-state index contributed by atoms with van der Waals surface area (Å²) in [6.45, 7) is 6.51. The Morgan fingerprint density at radius 1 is 1.05 bits per heavy atom. The molecule has 1 aliphatic rings. The van der Waals surface area contributed by atoms with Gasteiger partial charge in [-0.15, -0.1) is 11.8 Å². The summed E-state index contributed by atoms with van der Waals surface area (Å²) in [4.78, 5) is 44.0. The van der Waals surface area contributed by atoms with Crippen LogP contribution in [0.3, 0.4) is 0 Å². The molecule has 0 unspecified atom stereocenters. The summed E-state index contributed by atoms with van der Waals surface area (Å²) in [7, 11) is 1.57. The van der Waals surface area contributed by atoms with E-state index in [0.717, 1.165) is 5.56 Å². The number of amides is 3. The van der Waals surface area contributed by atoms with E-state index in [-0.39, 0.29) is 42.4 Å². The van der Waals surface area contributed by atoms with Crippen LogP contribution in [0, 0.1) is 0 Å². The summed E-state index contributed by atoms with van der Waals surface area (Å²) in [6.07, 6.45) is 0. The van der Waals surface area contributed by atoms with E-state index < -0.39 is 11.8 Å². The van der Waals surface area contributed by atoms with Gasteiger partial charge in [0.05, 0.1) is 19.5 Å². The number of benzene rings is 2. The molecule has 10 nitrogen and oxygen atoms in total. The molecule has 2 heterocycles. The Morgan fingerprint density at radius 3 is 2.46 bits per heavy atom. The number of carbonyl (C=O) groups is 3. The summed E-state index contributed by atoms with van der Waals surface area (Å²) in [5, 5.41) is 8.28. The molecule has 216 valence electrons. The van der Waals surface area contributed by atoms with Crippen molar-refractivity contribution in [3.05, 3.63) is 81.5 Å². The normalized spacial score (nSPS) is 13.0. The number of nitrogens with zero attached hydrogens (tertiary/aromatic N) is 2. The van der Waals surface area contributed by atoms with Gasteiger partial charge in [0.2, 0.25) is 0 Å². The monoisotopic (exact) mass is 595 g/mol. The van der Waals surface area contributed by atoms with E-state index in [4.69, 9.17) is 15.2 Å². The lowest BCUT2D eigenvalue weighted by molar-refractivity contribution is -0.123. The first-order valence-electron chi connectivity index (χ1n) is 12.9. The van der Waals surface area contributed by atoms with Crippen molar-refractivity contribution in [1.82, 2.24) is 15.6 Å². The van der Waals surface area contributed by atoms with Gasteiger partial charge >= 0.3 is 0 Å². The zero-order chi connectivity index (χ0) is 29.6. The number of carbonyl (C=O) groups excluding carboxylic acids is 3. The molecular weight excluding hydrogens is 562 g/mol. The van der Waals surface area contributed by atoms with Crippen LogP contribution < -0.4 is 30.7 Å². The molecule has 3 amide bonds. The average molecular weight is 596 g/mol. The van der Waals surface area contributed by atoms with Crippen LogP contribution in [0.4, 0.5) is 5.00 Å². The zero-order valence-corrected chi connectivity index (χ0v) is 25.0. The Bertz CT molecular complexity index is 1450. The number of methoxy groups -OCH3 is 1. The number of aromatic nitrogens is 1. The predicted octanol–water partition coefficient (Wildman–Crippen LogP) is 3.91. The van der Waals surface area contributed by atoms with Gasteiger partial charge in [-0.2, -0.15) is 0 Å². The molecule has 41 heavy (non-hydrogen) atoms. The second-order valence-electron chi connectivity index (χ2n) is 10.2. The van der Waals surface area contributed by atoms with Crippen molar-refractivity contribution in [3.8, 4) is 11.5 Å². The highest BCUT2D eigenvalue weighted by atomic mass is 32.2. The van der Waals surface area contributed by atoms with Gasteiger partial charge in [0.25, 0.3) is 17.7 Å². The van der Waals surface area contributed by atoms with Crippen molar-refractivity contribution in [2.45, 2.75) is 39.3 Å². The van der Waals surface area contributed by atoms with E-state index in [9.17, 15) is 14.4 Å². The number of para-hydroxylation sites is 1. The second-order valence-corrected chi connectivity index (χ2v) is 12.1. The molecule has 4 N–H and O–H groups in total. The molecule has 0 spiro atoms. The summed E-state index contributed by atoms with van der Waals surface area (Å²) >= 11 is 2.60. The number of primary amides is 1. The predicted molar refractivity (Wildman–Crippen MR) is 161 cm³/mol. The van der Waals surface area contributed by atoms with E-state index in [2.05, 4.69) is 36.4 Å². The summed E-state index contributed by atoms with van der Waals surface area (Å²) in [6, 6.07) is 15.0. The molecule has 0 aliphatic carbocycles. The van der Waals surface area contributed by atoms with Crippen molar-refractivity contribution in [2.75, 3.05) is 24.5 Å². The lowest BCUT2D eigenvalue weighted by Gasteiger charge is -2.19. The number of thiazole rings is 1. The fourth-order valence-electron chi connectivity index (χ4n) is 3.98. The standard InChI is InChI=1S/C29H33N5O5S2/c1-29(2,3)19-9-11-20(12-10-19)39-15-23(35)31-14-24-33-25(28(41-24)34-17-40-16-21(34)26(30)36)27(37)32-13-18-7-5-6-8-22(18)38-4/h5-12,16H,13-15,17H2,1-4H3,(H2,30,36)(H,31,35)(H,32,37). The molecule has 0 radical (unpaired) electrons. The van der Waals surface area contributed by atoms with E-state index in [1.54, 1.807) is 17.4 Å². The Labute approximate surface area is 247 Å². The zero-order valence-electron chi connectivity index (χ0n) is 23.4. The van der Waals surface area contributed by atoms with Gasteiger partial charge in [-0.1, -0.05) is 62.4 Å². The Hall–Kier alpha value is -4.03. The molecule has 4 rings (SSSR count). The van der Waals surface area contributed by atoms with Crippen LogP contribution in [0.2, 0.25) is 0 Å². The van der Waals surface area contributed by atoms with Crippen LogP contribution in [0.5, 0.6) is 11.5 Å². The van der Waals surface area contributed by atoms with E-state index in [0.29, 0.717) is 27.4 Å². The third kappa shape index (κ3) is 7.59. The summed E-state index contributed by atoms with van der Waals surface area (Å²) in [5.74, 6) is 0.279. The van der Waals surface area contributed by atoms with Crippen LogP contribution in [0.15, 0.2) is 59.6 Å². The minimum atomic E-state index is -0.605. The van der Waals surface area contributed by atoms with Crippen molar-refractivity contribution < 1.29 is 23.9 Å². The highest BCUT2D eigenvalue weighted by Crippen LogP contribution is 2.37. The fourth-order valence-corrected chi connectivity index (χ4v) is 5.97. The number of rotatable bonds is 11. The van der Waals surface area contributed by atoms with Gasteiger partial charge in [0.1, 0.15) is 27.2 Å². The maximum atomic E-state index is 13.3. The lowest BCUT2D eigenvalue weighted by atomic mass is 9.87.